The van der Waals surface area contributed by atoms with Crippen molar-refractivity contribution in [2.45, 2.75) is 71.3 Å². The highest BCUT2D eigenvalue weighted by Crippen LogP contribution is 2.35. The Labute approximate surface area is 207 Å². The maximum Gasteiger partial charge on any atom is 0.410 e. The molecule has 2 amide bonds. The minimum absolute atomic E-state index is 0.0511. The first-order chi connectivity index (χ1) is 16.2. The molecule has 7 nitrogen and oxygen atoms in total. The van der Waals surface area contributed by atoms with Crippen LogP contribution in [0.3, 0.4) is 0 Å². The number of halogens is 1. The number of hydrogen-bond donors (Lipinski definition) is 0. The average Bonchev–Trinajstić information content (AvgIpc) is 3.25. The highest BCUT2D eigenvalue weighted by Gasteiger charge is 2.33. The average molecular weight is 487 g/mol. The van der Waals surface area contributed by atoms with E-state index in [4.69, 9.17) is 16.3 Å². The lowest BCUT2D eigenvalue weighted by molar-refractivity contribution is 0.0203. The second-order valence-electron chi connectivity index (χ2n) is 10.3. The molecule has 1 aromatic carbocycles. The lowest BCUT2D eigenvalue weighted by Crippen LogP contribution is -2.42. The molecule has 0 radical (unpaired) electrons. The predicted octanol–water partition coefficient (Wildman–Crippen LogP) is 5.57. The van der Waals surface area contributed by atoms with Crippen molar-refractivity contribution in [3.63, 3.8) is 0 Å². The summed E-state index contributed by atoms with van der Waals surface area (Å²) >= 11 is 6.43. The van der Waals surface area contributed by atoms with E-state index in [0.29, 0.717) is 23.7 Å². The molecule has 8 heteroatoms. The molecular weight excluding hydrogens is 452 g/mol. The van der Waals surface area contributed by atoms with Gasteiger partial charge in [0, 0.05) is 37.1 Å². The van der Waals surface area contributed by atoms with Crippen molar-refractivity contribution >= 4 is 23.6 Å². The molecule has 184 valence electrons. The van der Waals surface area contributed by atoms with Gasteiger partial charge in [0.2, 0.25) is 0 Å². The van der Waals surface area contributed by atoms with Crippen LogP contribution in [0.2, 0.25) is 5.02 Å². The maximum absolute atomic E-state index is 13.6. The first kappa shape index (κ1) is 24.6. The van der Waals surface area contributed by atoms with Gasteiger partial charge in [-0.3, -0.25) is 4.79 Å². The molecule has 4 rings (SSSR count). The maximum atomic E-state index is 13.6. The topological polar surface area (TPSA) is 67.7 Å². The second kappa shape index (κ2) is 9.98. The van der Waals surface area contributed by atoms with Crippen LogP contribution in [0.4, 0.5) is 4.79 Å². The monoisotopic (exact) mass is 486 g/mol. The van der Waals surface area contributed by atoms with Crippen LogP contribution < -0.4 is 0 Å². The van der Waals surface area contributed by atoms with Crippen molar-refractivity contribution < 1.29 is 14.3 Å². The van der Waals surface area contributed by atoms with Gasteiger partial charge >= 0.3 is 6.09 Å². The Morgan fingerprint density at radius 3 is 2.35 bits per heavy atom. The van der Waals surface area contributed by atoms with Crippen LogP contribution in [0, 0.1) is 6.92 Å². The van der Waals surface area contributed by atoms with Crippen LogP contribution in [0.5, 0.6) is 0 Å². The zero-order valence-corrected chi connectivity index (χ0v) is 21.4. The standard InChI is InChI=1S/C26H35ClN4O3/c1-18-21(27)9-8-10-22(18)31-23(20(17-28-31)24(32)29-13-6-5-7-14-29)19-11-15-30(16-12-19)25(33)34-26(2,3)4/h8-10,17,19H,5-7,11-16H2,1-4H3. The number of nitrogens with zero attached hydrogens (tertiary/aromatic N) is 4. The van der Waals surface area contributed by atoms with E-state index >= 15 is 0 Å². The van der Waals surface area contributed by atoms with Gasteiger partial charge in [-0.15, -0.1) is 0 Å². The van der Waals surface area contributed by atoms with Crippen molar-refractivity contribution in [2.24, 2.45) is 0 Å². The normalized spacial score (nSPS) is 17.7. The zero-order valence-electron chi connectivity index (χ0n) is 20.6. The summed E-state index contributed by atoms with van der Waals surface area (Å²) < 4.78 is 7.46. The molecule has 2 fully saturated rings. The Morgan fingerprint density at radius 1 is 1.03 bits per heavy atom. The molecule has 2 aliphatic heterocycles. The fourth-order valence-electron chi connectivity index (χ4n) is 4.86. The molecule has 0 bridgehead atoms. The van der Waals surface area contributed by atoms with E-state index in [0.717, 1.165) is 55.7 Å². The summed E-state index contributed by atoms with van der Waals surface area (Å²) in [7, 11) is 0. The third-order valence-corrected chi connectivity index (χ3v) is 7.09. The Bertz CT molecular complexity index is 1040. The van der Waals surface area contributed by atoms with Gasteiger partial charge in [0.05, 0.1) is 23.1 Å². The van der Waals surface area contributed by atoms with Crippen LogP contribution in [0.15, 0.2) is 24.4 Å². The summed E-state index contributed by atoms with van der Waals surface area (Å²) in [5.41, 5.74) is 2.87. The first-order valence-corrected chi connectivity index (χ1v) is 12.6. The number of hydrogen-bond acceptors (Lipinski definition) is 4. The SMILES string of the molecule is Cc1c(Cl)cccc1-n1ncc(C(=O)N2CCCCC2)c1C1CCN(C(=O)OC(C)(C)C)CC1. The molecule has 2 saturated heterocycles. The number of carbonyl (C=O) groups excluding carboxylic acids is 2. The summed E-state index contributed by atoms with van der Waals surface area (Å²) in [5, 5.41) is 5.36. The highest BCUT2D eigenvalue weighted by atomic mass is 35.5. The van der Waals surface area contributed by atoms with E-state index in [9.17, 15) is 9.59 Å². The quantitative estimate of drug-likeness (QED) is 0.568. The molecule has 1 aromatic heterocycles. The van der Waals surface area contributed by atoms with Crippen LogP contribution in [-0.4, -0.2) is 63.4 Å². The van der Waals surface area contributed by atoms with Crippen molar-refractivity contribution in [3.05, 3.63) is 46.2 Å². The molecule has 0 atom stereocenters. The third-order valence-electron chi connectivity index (χ3n) is 6.68. The molecule has 2 aromatic rings. The smallest absolute Gasteiger partial charge is 0.410 e. The van der Waals surface area contributed by atoms with Crippen molar-refractivity contribution in [3.8, 4) is 5.69 Å². The number of ether oxygens (including phenoxy) is 1. The molecule has 34 heavy (non-hydrogen) atoms. The van der Waals surface area contributed by atoms with E-state index in [1.165, 1.54) is 6.42 Å². The summed E-state index contributed by atoms with van der Waals surface area (Å²) in [6, 6.07) is 5.76. The third kappa shape index (κ3) is 5.24. The number of aromatic nitrogens is 2. The molecule has 2 aliphatic rings. The largest absolute Gasteiger partial charge is 0.444 e. The summed E-state index contributed by atoms with van der Waals surface area (Å²) in [6.45, 7) is 10.3. The van der Waals surface area contributed by atoms with E-state index in [1.54, 1.807) is 11.1 Å². The second-order valence-corrected chi connectivity index (χ2v) is 10.7. The van der Waals surface area contributed by atoms with Gasteiger partial charge in [0.15, 0.2) is 0 Å². The first-order valence-electron chi connectivity index (χ1n) is 12.3. The number of rotatable bonds is 3. The van der Waals surface area contributed by atoms with Gasteiger partial charge in [-0.2, -0.15) is 5.10 Å². The number of likely N-dealkylation sites (tertiary alicyclic amines) is 2. The summed E-state index contributed by atoms with van der Waals surface area (Å²) in [5.74, 6) is 0.151. The molecule has 0 spiro atoms. The van der Waals surface area contributed by atoms with Crippen molar-refractivity contribution in [2.75, 3.05) is 26.2 Å². The summed E-state index contributed by atoms with van der Waals surface area (Å²) in [4.78, 5) is 29.8. The molecule has 0 aliphatic carbocycles. The summed E-state index contributed by atoms with van der Waals surface area (Å²) in [6.07, 6.45) is 6.16. The van der Waals surface area contributed by atoms with Crippen molar-refractivity contribution in [1.29, 1.82) is 0 Å². The van der Waals surface area contributed by atoms with E-state index in [2.05, 4.69) is 5.10 Å². The van der Waals surface area contributed by atoms with Crippen LogP contribution in [-0.2, 0) is 4.74 Å². The Hall–Kier alpha value is -2.54. The van der Waals surface area contributed by atoms with E-state index < -0.39 is 5.60 Å². The number of carbonyl (C=O) groups is 2. The highest BCUT2D eigenvalue weighted by molar-refractivity contribution is 6.31. The van der Waals surface area contributed by atoms with Crippen molar-refractivity contribution in [1.82, 2.24) is 19.6 Å². The van der Waals surface area contributed by atoms with Gasteiger partial charge in [-0.25, -0.2) is 9.48 Å². The van der Waals surface area contributed by atoms with Crippen LogP contribution in [0.25, 0.3) is 5.69 Å². The number of benzene rings is 1. The number of piperidine rings is 2. The van der Waals surface area contributed by atoms with Gasteiger partial charge < -0.3 is 14.5 Å². The van der Waals surface area contributed by atoms with Gasteiger partial charge in [-0.1, -0.05) is 17.7 Å². The Balaban J connectivity index is 1.64. The Kier molecular flexibility index (Phi) is 7.22. The van der Waals surface area contributed by atoms with Gasteiger partial charge in [0.1, 0.15) is 5.60 Å². The van der Waals surface area contributed by atoms with Crippen LogP contribution in [0.1, 0.15) is 80.4 Å². The van der Waals surface area contributed by atoms with E-state index in [1.807, 2.05) is 55.5 Å². The molecule has 0 unspecified atom stereocenters. The Morgan fingerprint density at radius 2 is 1.71 bits per heavy atom. The fourth-order valence-corrected chi connectivity index (χ4v) is 5.03. The lowest BCUT2D eigenvalue weighted by Gasteiger charge is -2.34. The molecule has 0 N–H and O–H groups in total. The predicted molar refractivity (Wildman–Crippen MR) is 133 cm³/mol. The molecule has 3 heterocycles. The van der Waals surface area contributed by atoms with Gasteiger partial charge in [0.25, 0.3) is 5.91 Å². The zero-order chi connectivity index (χ0) is 24.5. The van der Waals surface area contributed by atoms with E-state index in [-0.39, 0.29) is 17.9 Å². The minimum Gasteiger partial charge on any atom is -0.444 e. The fraction of sp³-hybridized carbons (Fsp3) is 0.577. The lowest BCUT2D eigenvalue weighted by atomic mass is 9.90. The number of amides is 2. The minimum atomic E-state index is -0.523. The van der Waals surface area contributed by atoms with Crippen LogP contribution >= 0.6 is 11.6 Å². The molecule has 0 saturated carbocycles. The van der Waals surface area contributed by atoms with Gasteiger partial charge in [-0.05, 0) is 77.5 Å². The molecular formula is C26H35ClN4O3.